The van der Waals surface area contributed by atoms with Crippen molar-refractivity contribution < 1.29 is 18.2 Å². The number of aromatic nitrogens is 3. The minimum absolute atomic E-state index is 0.699. The van der Waals surface area contributed by atoms with E-state index in [0.29, 0.717) is 5.82 Å². The van der Waals surface area contributed by atoms with Gasteiger partial charge < -0.3 is 0 Å². The molecule has 3 nitrogen and oxygen atoms in total. The average Bonchev–Trinajstić information content (AvgIpc) is 2.51. The van der Waals surface area contributed by atoms with E-state index >= 15 is 0 Å². The molecule has 5 heteroatoms. The van der Waals surface area contributed by atoms with Crippen LogP contribution >= 0.6 is 9.53 Å². The van der Waals surface area contributed by atoms with Crippen molar-refractivity contribution in [3.63, 3.8) is 0 Å². The number of nitrogens with zero attached hydrogens (tertiary/aromatic N) is 3. The molecule has 2 aromatic rings. The Hall–Kier alpha value is -0.818. The molecule has 0 fully saturated rings. The van der Waals surface area contributed by atoms with Crippen molar-refractivity contribution >= 4 is 9.53 Å². The Bertz CT molecular complexity index is 448. The van der Waals surface area contributed by atoms with Crippen LogP contribution in [0.3, 0.4) is 0 Å². The third kappa shape index (κ3) is 5.78. The Labute approximate surface area is 129 Å². The van der Waals surface area contributed by atoms with Gasteiger partial charge in [0.1, 0.15) is 5.69 Å². The molecular formula is C14H17ClN3Re. The second-order valence-corrected chi connectivity index (χ2v) is 4.09. The molecule has 0 saturated carbocycles. The van der Waals surface area contributed by atoms with Crippen LogP contribution in [-0.2, 0) is 24.6 Å². The molecule has 2 heterocycles. The first kappa shape index (κ1) is 16.2. The van der Waals surface area contributed by atoms with E-state index in [1.807, 2.05) is 30.6 Å². The van der Waals surface area contributed by atoms with Gasteiger partial charge >= 0.3 is 27.7 Å². The Kier molecular flexibility index (Phi) is 8.57. The Morgan fingerprint density at radius 3 is 2.37 bits per heavy atom. The molecule has 2 aromatic heterocycles. The zero-order valence-electron chi connectivity index (χ0n) is 10.9. The van der Waals surface area contributed by atoms with Crippen molar-refractivity contribution in [2.24, 2.45) is 0 Å². The molecule has 0 amide bonds. The normalized spacial score (nSPS) is 9.63. The number of rotatable bonds is 5. The van der Waals surface area contributed by atoms with Gasteiger partial charge in [-0.2, -0.15) is 0 Å². The van der Waals surface area contributed by atoms with Gasteiger partial charge in [-0.25, -0.2) is 9.97 Å². The predicted octanol–water partition coefficient (Wildman–Crippen LogP) is 3.96. The number of hydrogen-bond donors (Lipinski definition) is 0. The van der Waals surface area contributed by atoms with Crippen molar-refractivity contribution in [1.82, 2.24) is 15.0 Å². The Balaban J connectivity index is 0.000000861. The van der Waals surface area contributed by atoms with Gasteiger partial charge in [-0.15, -0.1) is 0 Å². The van der Waals surface area contributed by atoms with Gasteiger partial charge in [-0.1, -0.05) is 25.8 Å². The summed E-state index contributed by atoms with van der Waals surface area (Å²) in [5.74, 6) is 0.699. The zero-order valence-corrected chi connectivity index (χ0v) is 14.4. The van der Waals surface area contributed by atoms with Crippen LogP contribution in [0.4, 0.5) is 0 Å². The molecule has 0 aliphatic rings. The third-order valence-electron chi connectivity index (χ3n) is 2.67. The molecule has 19 heavy (non-hydrogen) atoms. The van der Waals surface area contributed by atoms with Gasteiger partial charge in [-0.05, 0) is 30.5 Å². The van der Waals surface area contributed by atoms with Crippen LogP contribution < -0.4 is 0 Å². The number of halogens is 1. The summed E-state index contributed by atoms with van der Waals surface area (Å²) in [7, 11) is 4.69. The average molecular weight is 449 g/mol. The maximum absolute atomic E-state index is 4.69. The molecule has 0 unspecified atom stereocenters. The first-order chi connectivity index (χ1) is 9.40. The monoisotopic (exact) mass is 449 g/mol. The molecule has 0 saturated heterocycles. The van der Waals surface area contributed by atoms with Crippen molar-refractivity contribution in [1.29, 1.82) is 0 Å². The molecule has 0 atom stereocenters. The predicted molar refractivity (Wildman–Crippen MR) is 74.3 cm³/mol. The van der Waals surface area contributed by atoms with E-state index in [1.165, 1.54) is 43.0 Å². The van der Waals surface area contributed by atoms with Crippen molar-refractivity contribution in [2.45, 2.75) is 32.6 Å². The number of unbranched alkanes of at least 4 members (excludes halogenated alkanes) is 2. The number of aryl methyl sites for hydroxylation is 1. The summed E-state index contributed by atoms with van der Waals surface area (Å²) in [5, 5.41) is 0. The summed E-state index contributed by atoms with van der Waals surface area (Å²) in [5.41, 5.74) is 2.03. The van der Waals surface area contributed by atoms with Crippen LogP contribution in [-0.4, -0.2) is 15.0 Å². The van der Waals surface area contributed by atoms with Gasteiger partial charge in [0.05, 0.1) is 0 Å². The molecule has 0 bridgehead atoms. The molecular weight excluding hydrogens is 432 g/mol. The third-order valence-corrected chi connectivity index (χ3v) is 2.67. The summed E-state index contributed by atoms with van der Waals surface area (Å²) < 4.78 is 0. The molecule has 102 valence electrons. The van der Waals surface area contributed by atoms with E-state index in [0.717, 1.165) is 12.1 Å². The molecule has 2 rings (SSSR count). The van der Waals surface area contributed by atoms with Crippen LogP contribution in [0.2, 0.25) is 0 Å². The van der Waals surface area contributed by atoms with Crippen LogP contribution in [0, 0.1) is 0 Å². The fraction of sp³-hybridized carbons (Fsp3) is 0.357. The maximum atomic E-state index is 4.69. The second kappa shape index (κ2) is 10.0. The summed E-state index contributed by atoms with van der Waals surface area (Å²) >= 11 is 1.19. The van der Waals surface area contributed by atoms with E-state index < -0.39 is 0 Å². The van der Waals surface area contributed by atoms with Gasteiger partial charge in [0.2, 0.25) is 0 Å². The van der Waals surface area contributed by atoms with E-state index in [2.05, 4.69) is 21.9 Å². The van der Waals surface area contributed by atoms with Gasteiger partial charge in [0.15, 0.2) is 5.82 Å². The molecule has 0 N–H and O–H groups in total. The zero-order chi connectivity index (χ0) is 13.9. The van der Waals surface area contributed by atoms with Gasteiger partial charge in [0.25, 0.3) is 0 Å². The summed E-state index contributed by atoms with van der Waals surface area (Å²) in [4.78, 5) is 12.9. The van der Waals surface area contributed by atoms with Crippen LogP contribution in [0.1, 0.15) is 31.7 Å². The first-order valence-electron chi connectivity index (χ1n) is 6.26. The Morgan fingerprint density at radius 2 is 1.79 bits per heavy atom. The van der Waals surface area contributed by atoms with Crippen LogP contribution in [0.25, 0.3) is 11.5 Å². The first-order valence-corrected chi connectivity index (χ1v) is 9.63. The van der Waals surface area contributed by atoms with Crippen LogP contribution in [0.5, 0.6) is 0 Å². The van der Waals surface area contributed by atoms with E-state index in [-0.39, 0.29) is 0 Å². The van der Waals surface area contributed by atoms with Gasteiger partial charge in [-0.3, -0.25) is 4.98 Å². The summed E-state index contributed by atoms with van der Waals surface area (Å²) in [6, 6.07) is 5.76. The minimum atomic E-state index is 0.699. The fourth-order valence-electron chi connectivity index (χ4n) is 1.69. The Morgan fingerprint density at radius 1 is 1.05 bits per heavy atom. The second-order valence-electron chi connectivity index (χ2n) is 4.09. The van der Waals surface area contributed by atoms with Crippen molar-refractivity contribution in [3.05, 3.63) is 42.4 Å². The van der Waals surface area contributed by atoms with E-state index in [1.54, 1.807) is 6.20 Å². The molecule has 0 radical (unpaired) electrons. The van der Waals surface area contributed by atoms with Gasteiger partial charge in [0, 0.05) is 18.6 Å². The summed E-state index contributed by atoms with van der Waals surface area (Å²) in [6.07, 6.45) is 10.4. The van der Waals surface area contributed by atoms with Crippen molar-refractivity contribution in [2.75, 3.05) is 0 Å². The molecule has 0 aromatic carbocycles. The quantitative estimate of drug-likeness (QED) is 0.650. The van der Waals surface area contributed by atoms with E-state index in [4.69, 9.17) is 9.53 Å². The topological polar surface area (TPSA) is 38.7 Å². The standard InChI is InChI=1S/C14H17N3.ClH.Re/c1-2-3-4-7-12-10-16-14(17-11-12)13-8-5-6-9-15-13;;/h5-6,8-11H,2-4,7H2,1H3;1H;/q;;+1/p-1. The molecule has 0 aliphatic heterocycles. The molecule has 0 spiro atoms. The van der Waals surface area contributed by atoms with E-state index in [9.17, 15) is 0 Å². The fourth-order valence-corrected chi connectivity index (χ4v) is 1.69. The number of hydrogen-bond acceptors (Lipinski definition) is 3. The summed E-state index contributed by atoms with van der Waals surface area (Å²) in [6.45, 7) is 2.21. The molecule has 0 aliphatic carbocycles. The SMILES string of the molecule is CCCCCc1cnc(-c2ccccn2)nc1.[Cl][Re]. The number of pyridine rings is 1. The van der Waals surface area contributed by atoms with Crippen molar-refractivity contribution in [3.8, 4) is 11.5 Å². The van der Waals surface area contributed by atoms with Crippen LogP contribution in [0.15, 0.2) is 36.8 Å².